The first kappa shape index (κ1) is 23.9. The fourth-order valence-electron chi connectivity index (χ4n) is 3.64. The third-order valence-electron chi connectivity index (χ3n) is 5.52. The van der Waals surface area contributed by atoms with Gasteiger partial charge >= 0.3 is 5.97 Å². The molecule has 3 aromatic rings. The Labute approximate surface area is 192 Å². The molecule has 2 heterocycles. The number of pyridine rings is 1. The number of hydrogen-bond acceptors (Lipinski definition) is 6. The van der Waals surface area contributed by atoms with Crippen molar-refractivity contribution in [3.63, 3.8) is 0 Å². The van der Waals surface area contributed by atoms with Crippen LogP contribution in [0.3, 0.4) is 0 Å². The Kier molecular flexibility index (Phi) is 7.10. The maximum Gasteiger partial charge on any atom is 0.306 e. The van der Waals surface area contributed by atoms with Gasteiger partial charge in [0.25, 0.3) is 5.91 Å². The van der Waals surface area contributed by atoms with E-state index >= 15 is 0 Å². The van der Waals surface area contributed by atoms with Gasteiger partial charge < -0.3 is 15.8 Å². The van der Waals surface area contributed by atoms with Gasteiger partial charge in [-0.05, 0) is 76.4 Å². The zero-order valence-corrected chi connectivity index (χ0v) is 19.5. The Morgan fingerprint density at radius 1 is 1.12 bits per heavy atom. The number of fused-ring (bicyclic) bond motifs is 1. The van der Waals surface area contributed by atoms with Crippen molar-refractivity contribution in [2.24, 2.45) is 5.73 Å². The molecule has 0 aliphatic carbocycles. The number of esters is 1. The molecule has 1 atom stereocenters. The van der Waals surface area contributed by atoms with E-state index in [-0.39, 0.29) is 12.5 Å². The highest BCUT2D eigenvalue weighted by Crippen LogP contribution is 2.25. The van der Waals surface area contributed by atoms with Crippen LogP contribution in [0.15, 0.2) is 30.5 Å². The summed E-state index contributed by atoms with van der Waals surface area (Å²) < 4.78 is 7.19. The Morgan fingerprint density at radius 3 is 2.39 bits per heavy atom. The van der Waals surface area contributed by atoms with Crippen LogP contribution >= 0.6 is 0 Å². The van der Waals surface area contributed by atoms with Gasteiger partial charge in [0, 0.05) is 34.8 Å². The molecule has 0 aliphatic heterocycles. The molecule has 0 saturated carbocycles. The summed E-state index contributed by atoms with van der Waals surface area (Å²) in [6.45, 7) is 9.54. The normalized spacial score (nSPS) is 12.1. The van der Waals surface area contributed by atoms with E-state index in [0.717, 1.165) is 27.9 Å². The van der Waals surface area contributed by atoms with E-state index in [4.69, 9.17) is 15.5 Å². The summed E-state index contributed by atoms with van der Waals surface area (Å²) in [7, 11) is 0. The molecule has 1 aromatic carbocycles. The minimum atomic E-state index is -0.972. The summed E-state index contributed by atoms with van der Waals surface area (Å²) in [6, 6.07) is 6.33. The zero-order chi connectivity index (χ0) is 24.3. The van der Waals surface area contributed by atoms with Crippen molar-refractivity contribution in [1.82, 2.24) is 14.8 Å². The largest absolute Gasteiger partial charge is 0.453 e. The van der Waals surface area contributed by atoms with Crippen LogP contribution in [0.4, 0.5) is 5.69 Å². The van der Waals surface area contributed by atoms with Gasteiger partial charge in [-0.2, -0.15) is 5.10 Å². The second-order valence-corrected chi connectivity index (χ2v) is 8.28. The number of carbonyl (C=O) groups excluding carboxylic acids is 3. The Hall–Kier alpha value is -3.75. The number of benzene rings is 1. The van der Waals surface area contributed by atoms with Crippen molar-refractivity contribution in [2.45, 2.75) is 59.6 Å². The lowest BCUT2D eigenvalue weighted by Gasteiger charge is -2.15. The Morgan fingerprint density at radius 2 is 1.79 bits per heavy atom. The van der Waals surface area contributed by atoms with Crippen molar-refractivity contribution in [2.75, 3.05) is 5.32 Å². The Balaban J connectivity index is 1.60. The average Bonchev–Trinajstić information content (AvgIpc) is 3.18. The number of aryl methyl sites for hydroxylation is 2. The molecule has 0 spiro atoms. The lowest BCUT2D eigenvalue weighted by Crippen LogP contribution is -2.30. The molecule has 0 unspecified atom stereocenters. The first-order valence-electron chi connectivity index (χ1n) is 10.8. The quantitative estimate of drug-likeness (QED) is 0.506. The summed E-state index contributed by atoms with van der Waals surface area (Å²) >= 11 is 0. The second kappa shape index (κ2) is 9.81. The van der Waals surface area contributed by atoms with Gasteiger partial charge in [-0.3, -0.25) is 14.4 Å². The lowest BCUT2D eigenvalue weighted by molar-refractivity contribution is -0.153. The fourth-order valence-corrected chi connectivity index (χ4v) is 3.64. The standard InChI is InChI=1S/C24H29N5O4/c1-13(2)29-23-20(12-26-29)14(3)19(15(4)27-23)10-11-21(30)33-16(5)24(32)28-18-8-6-17(7-9-18)22(25)31/h6-9,12-13,16H,10-11H2,1-5H3,(H2,25,31)(H,28,32)/t16-/m0/s1. The van der Waals surface area contributed by atoms with Gasteiger partial charge in [0.05, 0.1) is 6.20 Å². The molecule has 0 saturated heterocycles. The summed E-state index contributed by atoms with van der Waals surface area (Å²) in [5, 5.41) is 8.05. The minimum absolute atomic E-state index is 0.123. The second-order valence-electron chi connectivity index (χ2n) is 8.28. The van der Waals surface area contributed by atoms with Crippen molar-refractivity contribution in [3.05, 3.63) is 52.8 Å². The number of aromatic nitrogens is 3. The number of primary amides is 1. The molecule has 9 heteroatoms. The van der Waals surface area contributed by atoms with Gasteiger partial charge in [-0.25, -0.2) is 9.67 Å². The smallest absolute Gasteiger partial charge is 0.306 e. The summed E-state index contributed by atoms with van der Waals surface area (Å²) in [4.78, 5) is 40.6. The number of nitrogens with one attached hydrogen (secondary N) is 1. The summed E-state index contributed by atoms with van der Waals surface area (Å²) in [5.74, 6) is -1.49. The number of rotatable bonds is 8. The van der Waals surface area contributed by atoms with Crippen LogP contribution < -0.4 is 11.1 Å². The highest BCUT2D eigenvalue weighted by Gasteiger charge is 2.20. The number of anilines is 1. The topological polar surface area (TPSA) is 129 Å². The molecule has 174 valence electrons. The number of nitrogens with two attached hydrogens (primary N) is 1. The highest BCUT2D eigenvalue weighted by atomic mass is 16.5. The van der Waals surface area contributed by atoms with Crippen LogP contribution in [0.2, 0.25) is 0 Å². The van der Waals surface area contributed by atoms with Crippen molar-refractivity contribution in [3.8, 4) is 0 Å². The number of amides is 2. The van der Waals surface area contributed by atoms with Crippen LogP contribution in [0.5, 0.6) is 0 Å². The monoisotopic (exact) mass is 451 g/mol. The number of ether oxygens (including phenoxy) is 1. The molecular formula is C24H29N5O4. The first-order chi connectivity index (χ1) is 15.6. The zero-order valence-electron chi connectivity index (χ0n) is 19.5. The van der Waals surface area contributed by atoms with Gasteiger partial charge in [-0.15, -0.1) is 0 Å². The predicted molar refractivity (Wildman–Crippen MR) is 125 cm³/mol. The van der Waals surface area contributed by atoms with E-state index in [2.05, 4.69) is 24.3 Å². The van der Waals surface area contributed by atoms with E-state index in [9.17, 15) is 14.4 Å². The van der Waals surface area contributed by atoms with Gasteiger partial charge in [0.1, 0.15) is 0 Å². The fraction of sp³-hybridized carbons (Fsp3) is 0.375. The maximum atomic E-state index is 12.4. The van der Waals surface area contributed by atoms with Crippen LogP contribution in [-0.2, 0) is 20.7 Å². The number of hydrogen-bond donors (Lipinski definition) is 2. The van der Waals surface area contributed by atoms with Crippen molar-refractivity contribution >= 4 is 34.5 Å². The van der Waals surface area contributed by atoms with Crippen molar-refractivity contribution in [1.29, 1.82) is 0 Å². The first-order valence-corrected chi connectivity index (χ1v) is 10.8. The van der Waals surface area contributed by atoms with Gasteiger partial charge in [0.2, 0.25) is 5.91 Å². The van der Waals surface area contributed by atoms with Gasteiger partial charge in [-0.1, -0.05) is 0 Å². The molecule has 3 N–H and O–H groups in total. The van der Waals surface area contributed by atoms with Crippen LogP contribution in [0.25, 0.3) is 11.0 Å². The van der Waals surface area contributed by atoms with E-state index in [1.54, 1.807) is 18.3 Å². The molecule has 2 aromatic heterocycles. The SMILES string of the molecule is Cc1nc2c(cnn2C(C)C)c(C)c1CCC(=O)O[C@@H](C)C(=O)Nc1ccc(C(N)=O)cc1. The van der Waals surface area contributed by atoms with Crippen molar-refractivity contribution < 1.29 is 19.1 Å². The maximum absolute atomic E-state index is 12.4. The molecular weight excluding hydrogens is 422 g/mol. The lowest BCUT2D eigenvalue weighted by atomic mass is 10.0. The molecule has 2 amide bonds. The molecule has 3 rings (SSSR count). The molecule has 33 heavy (non-hydrogen) atoms. The third kappa shape index (κ3) is 5.36. The minimum Gasteiger partial charge on any atom is -0.453 e. The van der Waals surface area contributed by atoms with E-state index in [0.29, 0.717) is 17.7 Å². The summed E-state index contributed by atoms with van der Waals surface area (Å²) in [5.41, 5.74) is 9.72. The van der Waals surface area contributed by atoms with Crippen LogP contribution in [-0.4, -0.2) is 38.7 Å². The highest BCUT2D eigenvalue weighted by molar-refractivity contribution is 5.96. The Bertz CT molecular complexity index is 1200. The molecule has 0 fully saturated rings. The van der Waals surface area contributed by atoms with Gasteiger partial charge in [0.15, 0.2) is 11.8 Å². The number of nitrogens with zero attached hydrogens (tertiary/aromatic N) is 3. The molecule has 0 aliphatic rings. The molecule has 9 nitrogen and oxygen atoms in total. The average molecular weight is 452 g/mol. The van der Waals surface area contributed by atoms with E-state index in [1.165, 1.54) is 19.1 Å². The predicted octanol–water partition coefficient (Wildman–Crippen LogP) is 3.23. The summed E-state index contributed by atoms with van der Waals surface area (Å²) in [6.07, 6.45) is 1.41. The van der Waals surface area contributed by atoms with E-state index in [1.807, 2.05) is 18.5 Å². The van der Waals surface area contributed by atoms with E-state index < -0.39 is 23.9 Å². The molecule has 0 radical (unpaired) electrons. The number of carbonyl (C=O) groups is 3. The molecule has 0 bridgehead atoms. The van der Waals surface area contributed by atoms with Crippen LogP contribution in [0.1, 0.15) is 60.4 Å². The van der Waals surface area contributed by atoms with Crippen LogP contribution in [0, 0.1) is 13.8 Å². The third-order valence-corrected chi connectivity index (χ3v) is 5.52.